The molecule has 1 aliphatic carbocycles. The molecule has 0 radical (unpaired) electrons. The second-order valence-corrected chi connectivity index (χ2v) is 10.4. The fourth-order valence-electron chi connectivity index (χ4n) is 6.34. The number of aromatic amines is 1. The summed E-state index contributed by atoms with van der Waals surface area (Å²) in [6.45, 7) is 1.32. The number of hydrogen-bond acceptors (Lipinski definition) is 3. The van der Waals surface area contributed by atoms with Crippen molar-refractivity contribution in [2.45, 2.75) is 63.1 Å². The van der Waals surface area contributed by atoms with Crippen LogP contribution in [0.2, 0.25) is 0 Å². The van der Waals surface area contributed by atoms with E-state index in [-0.39, 0.29) is 34.2 Å². The van der Waals surface area contributed by atoms with Crippen molar-refractivity contribution in [3.05, 3.63) is 48.1 Å². The smallest absolute Gasteiger partial charge is 0.398 e. The third kappa shape index (κ3) is 4.30. The van der Waals surface area contributed by atoms with Crippen LogP contribution in [0, 0.1) is 17.8 Å². The highest BCUT2D eigenvalue weighted by molar-refractivity contribution is 5.98. The number of hydrogen-bond donors (Lipinski definition) is 2. The minimum Gasteiger partial charge on any atom is -0.481 e. The van der Waals surface area contributed by atoms with E-state index >= 15 is 0 Å². The average molecular weight is 521 g/mol. The average Bonchev–Trinajstić information content (AvgIpc) is 3.49. The fourth-order valence-corrected chi connectivity index (χ4v) is 6.34. The highest BCUT2D eigenvalue weighted by Gasteiger charge is 2.56. The van der Waals surface area contributed by atoms with Crippen LogP contribution in [-0.4, -0.2) is 45.6 Å². The monoisotopic (exact) mass is 520 g/mol. The molecule has 2 fully saturated rings. The van der Waals surface area contributed by atoms with Crippen LogP contribution in [0.4, 0.5) is 17.6 Å². The standard InChI is InChI=1S/C27H28F4N2O4/c1-26(27(29,30)31,13-23(34)33-12-4-7-15-16(25(35)36)5-3-9-20(15)33)18-14-32-19-8-2-6-17(24(18)19)21-10-11-22(28)37-21/h2,6,8,10-11,14-16,20,32H,3-5,7,9,12-13H2,1H3,(H,35,36). The van der Waals surface area contributed by atoms with Crippen LogP contribution in [0.1, 0.15) is 51.0 Å². The van der Waals surface area contributed by atoms with Gasteiger partial charge in [0, 0.05) is 47.7 Å². The second-order valence-electron chi connectivity index (χ2n) is 10.4. The lowest BCUT2D eigenvalue weighted by Crippen LogP contribution is -2.55. The maximum Gasteiger partial charge on any atom is 0.398 e. The summed E-state index contributed by atoms with van der Waals surface area (Å²) in [6, 6.07) is 6.01. The van der Waals surface area contributed by atoms with Crippen molar-refractivity contribution in [1.82, 2.24) is 9.88 Å². The molecule has 3 heterocycles. The van der Waals surface area contributed by atoms with Crippen molar-refractivity contribution in [3.63, 3.8) is 0 Å². The number of amides is 1. The van der Waals surface area contributed by atoms with Crippen molar-refractivity contribution in [2.24, 2.45) is 11.8 Å². The lowest BCUT2D eigenvalue weighted by molar-refractivity contribution is -0.192. The number of carboxylic acids is 1. The van der Waals surface area contributed by atoms with E-state index < -0.39 is 41.8 Å². The van der Waals surface area contributed by atoms with Gasteiger partial charge in [-0.05, 0) is 56.2 Å². The van der Waals surface area contributed by atoms with Crippen LogP contribution in [0.25, 0.3) is 22.2 Å². The summed E-state index contributed by atoms with van der Waals surface area (Å²) in [5.41, 5.74) is -1.99. The van der Waals surface area contributed by atoms with Gasteiger partial charge in [-0.15, -0.1) is 0 Å². The van der Waals surface area contributed by atoms with E-state index in [1.54, 1.807) is 18.2 Å². The molecule has 37 heavy (non-hydrogen) atoms. The Hall–Kier alpha value is -3.30. The SMILES string of the molecule is CC(CC(=O)N1CCCC2C(C(=O)O)CCCC21)(c1c[nH]c2cccc(-c3ccc(F)o3)c12)C(F)(F)F. The van der Waals surface area contributed by atoms with Crippen molar-refractivity contribution < 1.29 is 36.7 Å². The largest absolute Gasteiger partial charge is 0.481 e. The number of aliphatic carboxylic acids is 1. The number of carboxylic acid groups (broad SMARTS) is 1. The molecule has 4 atom stereocenters. The first-order chi connectivity index (χ1) is 17.5. The summed E-state index contributed by atoms with van der Waals surface area (Å²) in [6.07, 6.45) is -1.43. The molecule has 1 amide bonds. The normalized spacial score (nSPS) is 24.0. The zero-order chi connectivity index (χ0) is 26.5. The van der Waals surface area contributed by atoms with Crippen LogP contribution >= 0.6 is 0 Å². The maximum atomic E-state index is 14.8. The number of H-pyrrole nitrogens is 1. The molecule has 2 aliphatic rings. The van der Waals surface area contributed by atoms with E-state index in [4.69, 9.17) is 4.42 Å². The molecule has 0 bridgehead atoms. The number of benzene rings is 1. The first-order valence-corrected chi connectivity index (χ1v) is 12.5. The summed E-state index contributed by atoms with van der Waals surface area (Å²) in [5.74, 6) is -2.32. The Balaban J connectivity index is 1.54. The van der Waals surface area contributed by atoms with Gasteiger partial charge in [-0.1, -0.05) is 18.6 Å². The number of nitrogens with zero attached hydrogens (tertiary/aromatic N) is 1. The fraction of sp³-hybridized carbons (Fsp3) is 0.481. The molecule has 1 saturated heterocycles. The number of halogens is 4. The Morgan fingerprint density at radius 3 is 2.59 bits per heavy atom. The van der Waals surface area contributed by atoms with Gasteiger partial charge >= 0.3 is 12.1 Å². The molecular formula is C27H28F4N2O4. The minimum absolute atomic E-state index is 0.0839. The Morgan fingerprint density at radius 2 is 1.92 bits per heavy atom. The summed E-state index contributed by atoms with van der Waals surface area (Å²) in [5, 5.41) is 9.87. The van der Waals surface area contributed by atoms with Crippen LogP contribution < -0.4 is 0 Å². The van der Waals surface area contributed by atoms with E-state index in [0.717, 1.165) is 13.0 Å². The van der Waals surface area contributed by atoms with Gasteiger partial charge in [0.1, 0.15) is 5.76 Å². The van der Waals surface area contributed by atoms with Crippen molar-refractivity contribution in [2.75, 3.05) is 6.54 Å². The molecule has 4 unspecified atom stereocenters. The number of aromatic nitrogens is 1. The quantitative estimate of drug-likeness (QED) is 0.389. The number of nitrogens with one attached hydrogen (secondary N) is 1. The molecule has 198 valence electrons. The van der Waals surface area contributed by atoms with E-state index in [9.17, 15) is 32.3 Å². The number of carbonyl (C=O) groups excluding carboxylic acids is 1. The maximum absolute atomic E-state index is 14.8. The molecule has 1 aromatic carbocycles. The van der Waals surface area contributed by atoms with Gasteiger partial charge < -0.3 is 19.4 Å². The Kier molecular flexibility index (Phi) is 6.32. The summed E-state index contributed by atoms with van der Waals surface area (Å²) in [4.78, 5) is 29.7. The molecular weight excluding hydrogens is 492 g/mol. The van der Waals surface area contributed by atoms with E-state index in [1.807, 2.05) is 0 Å². The van der Waals surface area contributed by atoms with Gasteiger partial charge in [-0.2, -0.15) is 17.6 Å². The van der Waals surface area contributed by atoms with Gasteiger partial charge in [-0.3, -0.25) is 9.59 Å². The molecule has 1 aliphatic heterocycles. The highest BCUT2D eigenvalue weighted by atomic mass is 19.4. The van der Waals surface area contributed by atoms with Crippen LogP contribution in [-0.2, 0) is 15.0 Å². The number of rotatable bonds is 5. The zero-order valence-electron chi connectivity index (χ0n) is 20.3. The molecule has 0 spiro atoms. The number of furan rings is 1. The predicted molar refractivity (Wildman–Crippen MR) is 127 cm³/mol. The number of alkyl halides is 3. The first kappa shape index (κ1) is 25.4. The van der Waals surface area contributed by atoms with Crippen molar-refractivity contribution in [1.29, 1.82) is 0 Å². The van der Waals surface area contributed by atoms with Gasteiger partial charge in [0.05, 0.1) is 11.3 Å². The Labute approximate surface area is 210 Å². The van der Waals surface area contributed by atoms with Gasteiger partial charge in [0.15, 0.2) is 0 Å². The van der Waals surface area contributed by atoms with Crippen molar-refractivity contribution >= 4 is 22.8 Å². The van der Waals surface area contributed by atoms with E-state index in [0.29, 0.717) is 44.2 Å². The zero-order valence-corrected chi connectivity index (χ0v) is 20.3. The topological polar surface area (TPSA) is 86.5 Å². The molecule has 3 aromatic rings. The Morgan fingerprint density at radius 1 is 1.14 bits per heavy atom. The lowest BCUT2D eigenvalue weighted by atomic mass is 9.70. The molecule has 2 aromatic heterocycles. The highest BCUT2D eigenvalue weighted by Crippen LogP contribution is 2.49. The third-order valence-electron chi connectivity index (χ3n) is 8.27. The molecule has 2 N–H and O–H groups in total. The lowest BCUT2D eigenvalue weighted by Gasteiger charge is -2.47. The Bertz CT molecular complexity index is 1330. The van der Waals surface area contributed by atoms with Gasteiger partial charge in [-0.25, -0.2) is 0 Å². The van der Waals surface area contributed by atoms with Crippen LogP contribution in [0.15, 0.2) is 40.9 Å². The summed E-state index contributed by atoms with van der Waals surface area (Å²) >= 11 is 0. The van der Waals surface area contributed by atoms with Gasteiger partial charge in [0.25, 0.3) is 6.01 Å². The van der Waals surface area contributed by atoms with E-state index in [2.05, 4.69) is 4.98 Å². The number of carbonyl (C=O) groups is 2. The van der Waals surface area contributed by atoms with Crippen LogP contribution in [0.3, 0.4) is 0 Å². The number of fused-ring (bicyclic) bond motifs is 2. The van der Waals surface area contributed by atoms with E-state index in [1.165, 1.54) is 17.2 Å². The number of piperidine rings is 1. The molecule has 6 nitrogen and oxygen atoms in total. The number of likely N-dealkylation sites (tertiary alicyclic amines) is 1. The predicted octanol–water partition coefficient (Wildman–Crippen LogP) is 6.27. The second kappa shape index (κ2) is 9.22. The van der Waals surface area contributed by atoms with Gasteiger partial charge in [0.2, 0.25) is 5.91 Å². The van der Waals surface area contributed by atoms with Crippen molar-refractivity contribution in [3.8, 4) is 11.3 Å². The molecule has 10 heteroatoms. The minimum atomic E-state index is -4.79. The first-order valence-electron chi connectivity index (χ1n) is 12.5. The summed E-state index contributed by atoms with van der Waals surface area (Å²) < 4.78 is 63.1. The molecule has 1 saturated carbocycles. The third-order valence-corrected chi connectivity index (χ3v) is 8.27. The van der Waals surface area contributed by atoms with Crippen LogP contribution in [0.5, 0.6) is 0 Å². The molecule has 5 rings (SSSR count). The summed E-state index contributed by atoms with van der Waals surface area (Å²) in [7, 11) is 0.